The lowest BCUT2D eigenvalue weighted by atomic mass is 9.85. The molecule has 6 rings (SSSR count). The lowest BCUT2D eigenvalue weighted by Gasteiger charge is -2.33. The normalized spacial score (nSPS) is 19.6. The zero-order valence-corrected chi connectivity index (χ0v) is 23.5. The molecule has 1 aliphatic carbocycles. The van der Waals surface area contributed by atoms with E-state index in [-0.39, 0.29) is 23.2 Å². The molecular formula is C33H34F3N5O. The molecular weight excluding hydrogens is 539 g/mol. The molecule has 9 heteroatoms. The number of benzene rings is 3. The van der Waals surface area contributed by atoms with Gasteiger partial charge >= 0.3 is 6.18 Å². The first-order valence-electron chi connectivity index (χ1n) is 14.6. The summed E-state index contributed by atoms with van der Waals surface area (Å²) in [5, 5.41) is 17.2. The van der Waals surface area contributed by atoms with Crippen LogP contribution in [0.5, 0.6) is 0 Å². The summed E-state index contributed by atoms with van der Waals surface area (Å²) in [5.41, 5.74) is 1.53. The molecule has 218 valence electrons. The molecule has 3 aromatic carbocycles. The molecule has 2 fully saturated rings. The van der Waals surface area contributed by atoms with E-state index in [1.165, 1.54) is 31.9 Å². The number of amides is 1. The molecule has 2 heterocycles. The van der Waals surface area contributed by atoms with E-state index in [4.69, 9.17) is 0 Å². The fourth-order valence-corrected chi connectivity index (χ4v) is 6.46. The second-order valence-electron chi connectivity index (χ2n) is 11.4. The number of rotatable bonds is 6. The summed E-state index contributed by atoms with van der Waals surface area (Å²) in [6.07, 6.45) is 3.26. The predicted molar refractivity (Wildman–Crippen MR) is 159 cm³/mol. The SMILES string of the molecule is Cc1ccc(NC(=O)[C@H]2CCCN[C@H]2c2ccc(N(c3nncc4ccccc34)C3CCCC3)cc2)cc1C(F)(F)F. The molecule has 2 aliphatic rings. The summed E-state index contributed by atoms with van der Waals surface area (Å²) in [6.45, 7) is 2.18. The third-order valence-corrected chi connectivity index (χ3v) is 8.61. The molecule has 1 aromatic heterocycles. The van der Waals surface area contributed by atoms with Gasteiger partial charge in [0.05, 0.1) is 17.7 Å². The first-order valence-corrected chi connectivity index (χ1v) is 14.6. The van der Waals surface area contributed by atoms with Crippen molar-refractivity contribution < 1.29 is 18.0 Å². The summed E-state index contributed by atoms with van der Waals surface area (Å²) in [5.74, 6) is 0.138. The highest BCUT2D eigenvalue weighted by Gasteiger charge is 2.35. The molecule has 1 saturated carbocycles. The summed E-state index contributed by atoms with van der Waals surface area (Å²) < 4.78 is 40.3. The van der Waals surface area contributed by atoms with Crippen molar-refractivity contribution in [3.05, 3.63) is 89.6 Å². The Labute approximate surface area is 243 Å². The lowest BCUT2D eigenvalue weighted by molar-refractivity contribution is -0.138. The summed E-state index contributed by atoms with van der Waals surface area (Å²) >= 11 is 0. The Kier molecular flexibility index (Phi) is 7.86. The first kappa shape index (κ1) is 28.2. The number of aromatic nitrogens is 2. The topological polar surface area (TPSA) is 70.2 Å². The van der Waals surface area contributed by atoms with Gasteiger partial charge in [0.25, 0.3) is 0 Å². The van der Waals surface area contributed by atoms with E-state index >= 15 is 0 Å². The average molecular weight is 574 g/mol. The molecule has 4 aromatic rings. The number of hydrogen-bond donors (Lipinski definition) is 2. The van der Waals surface area contributed by atoms with Crippen molar-refractivity contribution in [3.63, 3.8) is 0 Å². The van der Waals surface area contributed by atoms with E-state index in [2.05, 4.69) is 43.9 Å². The van der Waals surface area contributed by atoms with E-state index in [1.54, 1.807) is 6.20 Å². The van der Waals surface area contributed by atoms with Gasteiger partial charge in [0, 0.05) is 34.2 Å². The quantitative estimate of drug-likeness (QED) is 0.247. The van der Waals surface area contributed by atoms with E-state index in [0.717, 1.165) is 59.7 Å². The Morgan fingerprint density at radius 2 is 1.74 bits per heavy atom. The number of aryl methyl sites for hydroxylation is 1. The Hall–Kier alpha value is -3.98. The fourth-order valence-electron chi connectivity index (χ4n) is 6.46. The van der Waals surface area contributed by atoms with Gasteiger partial charge in [0.2, 0.25) is 5.91 Å². The van der Waals surface area contributed by atoms with Gasteiger partial charge in [-0.3, -0.25) is 4.79 Å². The molecule has 0 unspecified atom stereocenters. The molecule has 2 atom stereocenters. The highest BCUT2D eigenvalue weighted by atomic mass is 19.4. The smallest absolute Gasteiger partial charge is 0.326 e. The van der Waals surface area contributed by atoms with Gasteiger partial charge in [-0.2, -0.15) is 18.3 Å². The van der Waals surface area contributed by atoms with E-state index < -0.39 is 17.7 Å². The third kappa shape index (κ3) is 5.70. The van der Waals surface area contributed by atoms with Gasteiger partial charge in [-0.05, 0) is 74.5 Å². The molecule has 2 N–H and O–H groups in total. The molecule has 0 bridgehead atoms. The number of fused-ring (bicyclic) bond motifs is 1. The monoisotopic (exact) mass is 573 g/mol. The van der Waals surface area contributed by atoms with Gasteiger partial charge < -0.3 is 15.5 Å². The number of carbonyl (C=O) groups is 1. The Morgan fingerprint density at radius 3 is 2.50 bits per heavy atom. The number of nitrogens with zero attached hydrogens (tertiary/aromatic N) is 3. The van der Waals surface area contributed by atoms with Crippen molar-refractivity contribution >= 4 is 33.9 Å². The molecule has 6 nitrogen and oxygen atoms in total. The second-order valence-corrected chi connectivity index (χ2v) is 11.4. The zero-order chi connectivity index (χ0) is 29.3. The van der Waals surface area contributed by atoms with Crippen molar-refractivity contribution in [1.29, 1.82) is 0 Å². The lowest BCUT2D eigenvalue weighted by Crippen LogP contribution is -2.40. The van der Waals surface area contributed by atoms with Crippen molar-refractivity contribution in [2.24, 2.45) is 5.92 Å². The number of halogens is 3. The predicted octanol–water partition coefficient (Wildman–Crippen LogP) is 7.72. The zero-order valence-electron chi connectivity index (χ0n) is 23.5. The summed E-state index contributed by atoms with van der Waals surface area (Å²) in [4.78, 5) is 15.7. The third-order valence-electron chi connectivity index (χ3n) is 8.61. The average Bonchev–Trinajstić information content (AvgIpc) is 3.53. The van der Waals surface area contributed by atoms with Gasteiger partial charge in [0.1, 0.15) is 0 Å². The van der Waals surface area contributed by atoms with Crippen molar-refractivity contribution in [1.82, 2.24) is 15.5 Å². The van der Waals surface area contributed by atoms with Crippen molar-refractivity contribution in [2.45, 2.75) is 63.7 Å². The number of alkyl halides is 3. The highest BCUT2D eigenvalue weighted by Crippen LogP contribution is 2.39. The molecule has 1 aliphatic heterocycles. The fraction of sp³-hybridized carbons (Fsp3) is 0.364. The van der Waals surface area contributed by atoms with Gasteiger partial charge in [-0.15, -0.1) is 5.10 Å². The Bertz CT molecular complexity index is 1560. The highest BCUT2D eigenvalue weighted by molar-refractivity contribution is 5.94. The Balaban J connectivity index is 1.27. The second kappa shape index (κ2) is 11.7. The number of anilines is 3. The van der Waals surface area contributed by atoms with E-state index in [9.17, 15) is 18.0 Å². The summed E-state index contributed by atoms with van der Waals surface area (Å²) in [6, 6.07) is 20.4. The number of piperidine rings is 1. The minimum absolute atomic E-state index is 0.124. The van der Waals surface area contributed by atoms with E-state index in [0.29, 0.717) is 12.5 Å². The van der Waals surface area contributed by atoms with Crippen LogP contribution in [0.25, 0.3) is 10.8 Å². The van der Waals surface area contributed by atoms with Crippen LogP contribution in [-0.2, 0) is 11.0 Å². The van der Waals surface area contributed by atoms with Crippen LogP contribution in [0.15, 0.2) is 72.9 Å². The minimum atomic E-state index is -4.48. The van der Waals surface area contributed by atoms with Crippen LogP contribution in [0, 0.1) is 12.8 Å². The maximum absolute atomic E-state index is 13.4. The van der Waals surface area contributed by atoms with Crippen LogP contribution >= 0.6 is 0 Å². The van der Waals surface area contributed by atoms with Crippen molar-refractivity contribution in [2.75, 3.05) is 16.8 Å². The van der Waals surface area contributed by atoms with Crippen LogP contribution in [0.3, 0.4) is 0 Å². The van der Waals surface area contributed by atoms with Gasteiger partial charge in [0.15, 0.2) is 5.82 Å². The molecule has 0 radical (unpaired) electrons. The molecule has 1 saturated heterocycles. The van der Waals surface area contributed by atoms with Crippen molar-refractivity contribution in [3.8, 4) is 0 Å². The molecule has 42 heavy (non-hydrogen) atoms. The van der Waals surface area contributed by atoms with Crippen LogP contribution < -0.4 is 15.5 Å². The number of nitrogens with one attached hydrogen (secondary N) is 2. The summed E-state index contributed by atoms with van der Waals surface area (Å²) in [7, 11) is 0. The largest absolute Gasteiger partial charge is 0.416 e. The minimum Gasteiger partial charge on any atom is -0.326 e. The van der Waals surface area contributed by atoms with Crippen LogP contribution in [0.4, 0.5) is 30.4 Å². The number of hydrogen-bond acceptors (Lipinski definition) is 5. The van der Waals surface area contributed by atoms with Gasteiger partial charge in [-0.1, -0.05) is 55.3 Å². The maximum atomic E-state index is 13.4. The Morgan fingerprint density at radius 1 is 0.976 bits per heavy atom. The van der Waals surface area contributed by atoms with Gasteiger partial charge in [-0.25, -0.2) is 0 Å². The van der Waals surface area contributed by atoms with Crippen LogP contribution in [0.1, 0.15) is 61.3 Å². The van der Waals surface area contributed by atoms with Crippen LogP contribution in [-0.4, -0.2) is 28.7 Å². The first-order chi connectivity index (χ1) is 20.3. The number of carbonyl (C=O) groups excluding carboxylic acids is 1. The van der Waals surface area contributed by atoms with E-state index in [1.807, 2.05) is 30.3 Å². The molecule has 0 spiro atoms. The van der Waals surface area contributed by atoms with Crippen LogP contribution in [0.2, 0.25) is 0 Å². The standard InChI is InChI=1S/C33H34F3N5O/c1-21-12-15-24(19-29(21)33(34,35)36)39-32(42)28-11-6-18-37-30(28)22-13-16-26(17-14-22)41(25-8-3-4-9-25)31-27-10-5-2-7-23(27)20-38-40-31/h2,5,7,10,12-17,19-20,25,28,30,37H,3-4,6,8-9,11,18H2,1H3,(H,39,42)/t28-,30-/m0/s1. The molecule has 1 amide bonds. The maximum Gasteiger partial charge on any atom is 0.416 e.